The Labute approximate surface area is 207 Å². The predicted octanol–water partition coefficient (Wildman–Crippen LogP) is 5.72. The minimum absolute atomic E-state index is 0.224. The number of anilines is 3. The van der Waals surface area contributed by atoms with Crippen molar-refractivity contribution in [1.82, 2.24) is 9.55 Å². The highest BCUT2D eigenvalue weighted by molar-refractivity contribution is 6.34. The Morgan fingerprint density at radius 2 is 1.47 bits per heavy atom. The Bertz CT molecular complexity index is 1230. The molecule has 0 atom stereocenters. The lowest BCUT2D eigenvalue weighted by atomic mass is 10.2. The van der Waals surface area contributed by atoms with Crippen LogP contribution in [0.4, 0.5) is 22.2 Å². The van der Waals surface area contributed by atoms with E-state index >= 15 is 0 Å². The minimum Gasteiger partial charge on any atom is -0.374 e. The number of nitrogens with zero attached hydrogens (tertiary/aromatic N) is 4. The molecule has 1 amide bonds. The molecule has 0 aliphatic heterocycles. The minimum atomic E-state index is -1.14. The van der Waals surface area contributed by atoms with Gasteiger partial charge in [0.2, 0.25) is 0 Å². The van der Waals surface area contributed by atoms with E-state index < -0.39 is 17.5 Å². The normalized spacial score (nSPS) is 10.8. The molecule has 1 heterocycles. The van der Waals surface area contributed by atoms with Crippen LogP contribution in [-0.4, -0.2) is 28.7 Å². The van der Waals surface area contributed by atoms with E-state index in [0.717, 1.165) is 19.3 Å². The fraction of sp³-hybridized carbons (Fsp3) is 0.333. The van der Waals surface area contributed by atoms with E-state index in [2.05, 4.69) is 4.98 Å². The lowest BCUT2D eigenvalue weighted by molar-refractivity contribution is 0.242. The molecule has 8 nitrogen and oxygen atoms in total. The van der Waals surface area contributed by atoms with Crippen LogP contribution in [0.1, 0.15) is 39.5 Å². The Kier molecular flexibility index (Phi) is 8.90. The maximum atomic E-state index is 13.3. The molecule has 1 aromatic heterocycles. The van der Waals surface area contributed by atoms with Crippen LogP contribution in [0.5, 0.6) is 0 Å². The number of halogens is 2. The van der Waals surface area contributed by atoms with Gasteiger partial charge in [-0.25, -0.2) is 14.4 Å². The zero-order valence-corrected chi connectivity index (χ0v) is 20.6. The number of benzene rings is 2. The number of hydrogen-bond acceptors (Lipinski definition) is 6. The summed E-state index contributed by atoms with van der Waals surface area (Å²) in [6.07, 6.45) is 3.01. The van der Waals surface area contributed by atoms with E-state index in [-0.39, 0.29) is 12.6 Å². The summed E-state index contributed by atoms with van der Waals surface area (Å²) in [5, 5.41) is 0.728. The smallest absolute Gasteiger partial charge is 0.374 e. The van der Waals surface area contributed by atoms with E-state index in [4.69, 9.17) is 27.6 Å². The molecule has 0 bridgehead atoms. The standard InChI is InChI=1S/C24H26Cl2N4O4/c1-3-5-15-28(19-13-9-7-11-17(19)25)22-27-21(31)30(24(33)34-22)23(32)29(16-6-4-2)20-14-10-8-12-18(20)26/h7-14H,3-6,15-16H2,1-2H3. The number of hydrogen-bond donors (Lipinski definition) is 0. The molecule has 0 spiro atoms. The highest BCUT2D eigenvalue weighted by atomic mass is 35.5. The lowest BCUT2D eigenvalue weighted by Gasteiger charge is -2.24. The van der Waals surface area contributed by atoms with Crippen molar-refractivity contribution >= 4 is 46.6 Å². The molecule has 0 aliphatic rings. The molecule has 0 N–H and O–H groups in total. The van der Waals surface area contributed by atoms with Gasteiger partial charge in [0.25, 0.3) is 0 Å². The van der Waals surface area contributed by atoms with E-state index in [0.29, 0.717) is 39.0 Å². The molecule has 0 aliphatic carbocycles. The first kappa shape index (κ1) is 25.5. The summed E-state index contributed by atoms with van der Waals surface area (Å²) in [6.45, 7) is 4.64. The molecule has 2 aromatic carbocycles. The molecule has 0 fully saturated rings. The summed E-state index contributed by atoms with van der Waals surface area (Å²) in [4.78, 5) is 45.9. The van der Waals surface area contributed by atoms with Gasteiger partial charge in [0, 0.05) is 13.1 Å². The topological polar surface area (TPSA) is 88.7 Å². The van der Waals surface area contributed by atoms with Crippen LogP contribution in [0.3, 0.4) is 0 Å². The molecule has 0 saturated heterocycles. The molecule has 0 saturated carbocycles. The van der Waals surface area contributed by atoms with Gasteiger partial charge in [0.1, 0.15) is 0 Å². The van der Waals surface area contributed by atoms with Crippen LogP contribution in [0.25, 0.3) is 0 Å². The first-order valence-electron chi connectivity index (χ1n) is 11.1. The fourth-order valence-corrected chi connectivity index (χ4v) is 3.84. The Morgan fingerprint density at radius 1 is 0.912 bits per heavy atom. The van der Waals surface area contributed by atoms with Crippen LogP contribution in [-0.2, 0) is 0 Å². The van der Waals surface area contributed by atoms with Gasteiger partial charge in [-0.15, -0.1) is 9.55 Å². The van der Waals surface area contributed by atoms with Gasteiger partial charge in [-0.05, 0) is 37.1 Å². The predicted molar refractivity (Wildman–Crippen MR) is 135 cm³/mol. The summed E-state index contributed by atoms with van der Waals surface area (Å²) in [6, 6.07) is 12.6. The Balaban J connectivity index is 2.06. The summed E-state index contributed by atoms with van der Waals surface area (Å²) < 4.78 is 5.76. The maximum Gasteiger partial charge on any atom is 0.434 e. The molecule has 10 heteroatoms. The quantitative estimate of drug-likeness (QED) is 0.370. The maximum absolute atomic E-state index is 13.3. The van der Waals surface area contributed by atoms with Crippen LogP contribution in [0.2, 0.25) is 10.0 Å². The van der Waals surface area contributed by atoms with Crippen molar-refractivity contribution in [2.75, 3.05) is 22.9 Å². The molecular weight excluding hydrogens is 479 g/mol. The van der Waals surface area contributed by atoms with Crippen molar-refractivity contribution in [1.29, 1.82) is 0 Å². The third-order valence-electron chi connectivity index (χ3n) is 5.15. The van der Waals surface area contributed by atoms with Crippen molar-refractivity contribution in [3.05, 3.63) is 79.6 Å². The molecule has 0 unspecified atom stereocenters. The van der Waals surface area contributed by atoms with Crippen LogP contribution in [0.15, 0.2) is 62.5 Å². The number of aromatic nitrogens is 2. The molecular formula is C24H26Cl2N4O4. The molecule has 3 aromatic rings. The zero-order chi connectivity index (χ0) is 24.7. The average molecular weight is 505 g/mol. The third kappa shape index (κ3) is 5.69. The highest BCUT2D eigenvalue weighted by Crippen LogP contribution is 2.30. The first-order chi connectivity index (χ1) is 16.4. The van der Waals surface area contributed by atoms with E-state index in [1.54, 1.807) is 53.4 Å². The van der Waals surface area contributed by atoms with Crippen LogP contribution in [0, 0.1) is 0 Å². The molecule has 34 heavy (non-hydrogen) atoms. The van der Waals surface area contributed by atoms with Gasteiger partial charge in [-0.1, -0.05) is 74.2 Å². The van der Waals surface area contributed by atoms with Crippen molar-refractivity contribution in [3.63, 3.8) is 0 Å². The number of carbonyl (C=O) groups is 1. The Morgan fingerprint density at radius 3 is 2.03 bits per heavy atom. The monoisotopic (exact) mass is 504 g/mol. The average Bonchev–Trinajstić information content (AvgIpc) is 2.81. The van der Waals surface area contributed by atoms with Crippen LogP contribution < -0.4 is 21.2 Å². The van der Waals surface area contributed by atoms with Crippen molar-refractivity contribution in [2.24, 2.45) is 0 Å². The first-order valence-corrected chi connectivity index (χ1v) is 11.9. The molecule has 3 rings (SSSR count). The second-order valence-electron chi connectivity index (χ2n) is 7.58. The second-order valence-corrected chi connectivity index (χ2v) is 8.39. The summed E-state index contributed by atoms with van der Waals surface area (Å²) in [5.74, 6) is -1.14. The summed E-state index contributed by atoms with van der Waals surface area (Å²) in [5.41, 5.74) is -0.116. The second kappa shape index (κ2) is 11.9. The van der Waals surface area contributed by atoms with Gasteiger partial charge in [0.15, 0.2) is 0 Å². The zero-order valence-electron chi connectivity index (χ0n) is 19.0. The SMILES string of the molecule is CCCCN(C(=O)n1c(=O)nc(N(CCCC)c2ccccc2Cl)oc1=O)c1ccccc1Cl. The number of rotatable bonds is 9. The Hall–Kier alpha value is -3.10. The fourth-order valence-electron chi connectivity index (χ4n) is 3.36. The van der Waals surface area contributed by atoms with Gasteiger partial charge in [-0.2, -0.15) is 0 Å². The van der Waals surface area contributed by atoms with Crippen molar-refractivity contribution in [3.8, 4) is 0 Å². The number of carbonyl (C=O) groups excluding carboxylic acids is 1. The largest absolute Gasteiger partial charge is 0.434 e. The number of unbranched alkanes of at least 4 members (excludes halogenated alkanes) is 2. The summed E-state index contributed by atoms with van der Waals surface area (Å²) >= 11 is 12.6. The highest BCUT2D eigenvalue weighted by Gasteiger charge is 2.26. The van der Waals surface area contributed by atoms with Gasteiger partial charge in [0.05, 0.1) is 21.4 Å². The third-order valence-corrected chi connectivity index (χ3v) is 5.79. The van der Waals surface area contributed by atoms with Crippen molar-refractivity contribution in [2.45, 2.75) is 39.5 Å². The molecule has 0 radical (unpaired) electrons. The summed E-state index contributed by atoms with van der Waals surface area (Å²) in [7, 11) is 0. The van der Waals surface area contributed by atoms with Gasteiger partial charge >= 0.3 is 23.5 Å². The van der Waals surface area contributed by atoms with E-state index in [1.165, 1.54) is 4.90 Å². The van der Waals surface area contributed by atoms with Gasteiger partial charge < -0.3 is 4.42 Å². The van der Waals surface area contributed by atoms with E-state index in [9.17, 15) is 14.4 Å². The molecule has 180 valence electrons. The number of amides is 1. The lowest BCUT2D eigenvalue weighted by Crippen LogP contribution is -2.48. The number of para-hydroxylation sites is 2. The van der Waals surface area contributed by atoms with E-state index in [1.807, 2.05) is 13.8 Å². The van der Waals surface area contributed by atoms with Crippen molar-refractivity contribution < 1.29 is 9.21 Å². The van der Waals surface area contributed by atoms with Gasteiger partial charge in [-0.3, -0.25) is 9.80 Å². The van der Waals surface area contributed by atoms with Crippen LogP contribution >= 0.6 is 23.2 Å².